The van der Waals surface area contributed by atoms with Crippen LogP contribution in [-0.4, -0.2) is 17.2 Å². The molecule has 4 aliphatic rings. The number of carbonyl (C=O) groups excluding carboxylic acids is 1. The predicted octanol–water partition coefficient (Wildman–Crippen LogP) is 11.1. The van der Waals surface area contributed by atoms with Crippen molar-refractivity contribution in [2.75, 3.05) is 6.61 Å². The molecule has 37 heavy (non-hydrogen) atoms. The van der Waals surface area contributed by atoms with E-state index >= 15 is 0 Å². The lowest BCUT2D eigenvalue weighted by atomic mass is 9.47. The number of ether oxygens (including phenoxy) is 1. The highest BCUT2D eigenvalue weighted by molar-refractivity contribution is 8.13. The molecule has 3 fully saturated rings. The smallest absolute Gasteiger partial charge is 0.367 e. The molecule has 3 saturated carbocycles. The van der Waals surface area contributed by atoms with Crippen molar-refractivity contribution in [3.05, 3.63) is 11.6 Å². The monoisotopic (exact) mass is 530 g/mol. The molecule has 0 aromatic rings. The van der Waals surface area contributed by atoms with E-state index in [1.54, 1.807) is 5.57 Å². The largest absolute Gasteiger partial charge is 0.458 e. The normalized spacial score (nSPS) is 36.9. The third kappa shape index (κ3) is 6.83. The van der Waals surface area contributed by atoms with Gasteiger partial charge in [-0.15, -0.1) is 0 Å². The SMILES string of the molecule is CCCCCCCCC1CCC2C3CC=C4CC(SC(=O)OCCCCCC)CCC4(C)C3CCC12C. The Bertz CT molecular complexity index is 761. The van der Waals surface area contributed by atoms with Gasteiger partial charge in [0.15, 0.2) is 0 Å². The van der Waals surface area contributed by atoms with Gasteiger partial charge < -0.3 is 4.74 Å². The summed E-state index contributed by atoms with van der Waals surface area (Å²) in [6.07, 6.45) is 28.1. The Hall–Kier alpha value is -0.440. The summed E-state index contributed by atoms with van der Waals surface area (Å²) in [4.78, 5) is 12.5. The standard InChI is InChI=1S/C34H58O2S/c1-5-7-9-11-12-13-15-26-17-19-30-29-18-16-27-25-28(37-32(35)36-24-14-10-8-6-2)20-22-34(27,4)31(29)21-23-33(26,30)3/h16,26,28-31H,5-15,17-25H2,1-4H3. The summed E-state index contributed by atoms with van der Waals surface area (Å²) < 4.78 is 5.56. The fraction of sp³-hybridized carbons (Fsp3) is 0.912. The molecule has 0 amide bonds. The minimum absolute atomic E-state index is 0.0322. The van der Waals surface area contributed by atoms with Crippen molar-refractivity contribution in [2.45, 2.75) is 155 Å². The van der Waals surface area contributed by atoms with Gasteiger partial charge >= 0.3 is 5.30 Å². The lowest BCUT2D eigenvalue weighted by Gasteiger charge is -2.58. The van der Waals surface area contributed by atoms with Crippen molar-refractivity contribution in [2.24, 2.45) is 34.5 Å². The molecule has 0 aromatic carbocycles. The molecular formula is C34H58O2S. The van der Waals surface area contributed by atoms with E-state index in [0.717, 1.165) is 36.5 Å². The van der Waals surface area contributed by atoms with E-state index in [-0.39, 0.29) is 5.30 Å². The zero-order valence-corrected chi connectivity index (χ0v) is 25.6. The van der Waals surface area contributed by atoms with E-state index in [9.17, 15) is 4.79 Å². The quantitative estimate of drug-likeness (QED) is 0.134. The lowest BCUT2D eigenvalue weighted by molar-refractivity contribution is -0.0421. The summed E-state index contributed by atoms with van der Waals surface area (Å²) in [5.41, 5.74) is 2.67. The maximum Gasteiger partial charge on any atom is 0.367 e. The Morgan fingerprint density at radius 1 is 0.892 bits per heavy atom. The lowest BCUT2D eigenvalue weighted by Crippen LogP contribution is -2.50. The summed E-state index contributed by atoms with van der Waals surface area (Å²) in [5.74, 6) is 3.69. The van der Waals surface area contributed by atoms with Crippen LogP contribution >= 0.6 is 11.8 Å². The maximum atomic E-state index is 12.5. The van der Waals surface area contributed by atoms with Gasteiger partial charge in [-0.05, 0) is 110 Å². The van der Waals surface area contributed by atoms with Crippen molar-refractivity contribution in [3.8, 4) is 0 Å². The van der Waals surface area contributed by atoms with Crippen LogP contribution in [0.15, 0.2) is 11.6 Å². The molecule has 0 spiro atoms. The van der Waals surface area contributed by atoms with Crippen LogP contribution in [0.25, 0.3) is 0 Å². The van der Waals surface area contributed by atoms with Crippen molar-refractivity contribution in [1.82, 2.24) is 0 Å². The van der Waals surface area contributed by atoms with Crippen molar-refractivity contribution in [3.63, 3.8) is 0 Å². The van der Waals surface area contributed by atoms with Crippen molar-refractivity contribution >= 4 is 17.1 Å². The topological polar surface area (TPSA) is 26.3 Å². The molecule has 0 radical (unpaired) electrons. The highest BCUT2D eigenvalue weighted by atomic mass is 32.2. The van der Waals surface area contributed by atoms with Crippen molar-refractivity contribution < 1.29 is 9.53 Å². The molecule has 2 nitrogen and oxygen atoms in total. The first-order chi connectivity index (χ1) is 17.9. The van der Waals surface area contributed by atoms with Gasteiger partial charge in [0.05, 0.1) is 6.61 Å². The summed E-state index contributed by atoms with van der Waals surface area (Å²) >= 11 is 1.49. The first kappa shape index (κ1) is 29.5. The molecule has 0 bridgehead atoms. The van der Waals surface area contributed by atoms with Crippen LogP contribution in [0.4, 0.5) is 4.79 Å². The number of rotatable bonds is 13. The molecule has 4 aliphatic carbocycles. The van der Waals surface area contributed by atoms with Gasteiger partial charge in [0, 0.05) is 5.25 Å². The van der Waals surface area contributed by atoms with Gasteiger partial charge in [-0.1, -0.05) is 97.1 Å². The zero-order valence-electron chi connectivity index (χ0n) is 24.8. The minimum atomic E-state index is -0.0322. The van der Waals surface area contributed by atoms with Crippen LogP contribution in [0.2, 0.25) is 0 Å². The van der Waals surface area contributed by atoms with Crippen LogP contribution in [0.3, 0.4) is 0 Å². The number of hydrogen-bond donors (Lipinski definition) is 0. The number of fused-ring (bicyclic) bond motifs is 5. The van der Waals surface area contributed by atoms with E-state index in [1.165, 1.54) is 121 Å². The number of hydrogen-bond acceptors (Lipinski definition) is 3. The van der Waals surface area contributed by atoms with Gasteiger partial charge in [-0.2, -0.15) is 0 Å². The van der Waals surface area contributed by atoms with Crippen LogP contribution in [0, 0.1) is 34.5 Å². The Morgan fingerprint density at radius 3 is 2.41 bits per heavy atom. The molecule has 3 heteroatoms. The van der Waals surface area contributed by atoms with E-state index in [4.69, 9.17) is 4.74 Å². The zero-order chi connectivity index (χ0) is 26.3. The van der Waals surface area contributed by atoms with Gasteiger partial charge in [-0.3, -0.25) is 0 Å². The number of allylic oxidation sites excluding steroid dienone is 2. The molecule has 212 valence electrons. The van der Waals surface area contributed by atoms with Crippen LogP contribution < -0.4 is 0 Å². The number of thioether (sulfide) groups is 1. The van der Waals surface area contributed by atoms with Crippen molar-refractivity contribution in [1.29, 1.82) is 0 Å². The Labute approximate surface area is 233 Å². The summed E-state index contributed by atoms with van der Waals surface area (Å²) in [7, 11) is 0. The average molecular weight is 531 g/mol. The Kier molecular flexibility index (Phi) is 11.0. The van der Waals surface area contributed by atoms with Gasteiger partial charge in [0.2, 0.25) is 0 Å². The molecule has 0 N–H and O–H groups in total. The van der Waals surface area contributed by atoms with Crippen LogP contribution in [0.5, 0.6) is 0 Å². The third-order valence-corrected chi connectivity index (χ3v) is 12.7. The van der Waals surface area contributed by atoms with E-state index in [2.05, 4.69) is 33.8 Å². The molecule has 0 heterocycles. The molecule has 4 rings (SSSR count). The van der Waals surface area contributed by atoms with Gasteiger partial charge in [-0.25, -0.2) is 4.79 Å². The van der Waals surface area contributed by atoms with Gasteiger partial charge in [0.25, 0.3) is 0 Å². The first-order valence-electron chi connectivity index (χ1n) is 16.4. The molecule has 7 atom stereocenters. The van der Waals surface area contributed by atoms with E-state index in [0.29, 0.717) is 22.7 Å². The highest BCUT2D eigenvalue weighted by Crippen LogP contribution is 2.67. The molecular weight excluding hydrogens is 472 g/mol. The van der Waals surface area contributed by atoms with E-state index < -0.39 is 0 Å². The Morgan fingerprint density at radius 2 is 1.62 bits per heavy atom. The summed E-state index contributed by atoms with van der Waals surface area (Å²) in [5, 5.41) is 0.385. The fourth-order valence-electron chi connectivity index (χ4n) is 9.34. The summed E-state index contributed by atoms with van der Waals surface area (Å²) in [6, 6.07) is 0. The number of carbonyl (C=O) groups is 1. The second-order valence-corrected chi connectivity index (χ2v) is 15.0. The fourth-order valence-corrected chi connectivity index (χ4v) is 10.3. The molecule has 0 aromatic heterocycles. The van der Waals surface area contributed by atoms with Crippen LogP contribution in [-0.2, 0) is 4.74 Å². The molecule has 7 unspecified atom stereocenters. The third-order valence-electron chi connectivity index (χ3n) is 11.6. The molecule has 0 saturated heterocycles. The van der Waals surface area contributed by atoms with Gasteiger partial charge in [0.1, 0.15) is 0 Å². The number of unbranched alkanes of at least 4 members (excludes halogenated alkanes) is 8. The summed E-state index contributed by atoms with van der Waals surface area (Å²) in [6.45, 7) is 10.4. The van der Waals surface area contributed by atoms with Crippen LogP contribution in [0.1, 0.15) is 150 Å². The minimum Gasteiger partial charge on any atom is -0.458 e. The highest BCUT2D eigenvalue weighted by Gasteiger charge is 2.58. The predicted molar refractivity (Wildman–Crippen MR) is 160 cm³/mol. The molecule has 0 aliphatic heterocycles. The first-order valence-corrected chi connectivity index (χ1v) is 17.3. The second kappa shape index (κ2) is 13.8. The maximum absolute atomic E-state index is 12.5. The van der Waals surface area contributed by atoms with E-state index in [1.807, 2.05) is 0 Å². The Balaban J connectivity index is 1.29. The second-order valence-electron chi connectivity index (χ2n) is 13.8. The average Bonchev–Trinajstić information content (AvgIpc) is 3.22.